The van der Waals surface area contributed by atoms with Crippen LogP contribution in [-0.4, -0.2) is 43.3 Å². The molecular formula is C29H30ClNO4. The second-order valence-corrected chi connectivity index (χ2v) is 9.54. The maximum Gasteiger partial charge on any atom is 0.227 e. The zero-order valence-corrected chi connectivity index (χ0v) is 20.5. The van der Waals surface area contributed by atoms with Gasteiger partial charge in [0.1, 0.15) is 13.2 Å². The smallest absolute Gasteiger partial charge is 0.227 e. The van der Waals surface area contributed by atoms with Crippen LogP contribution in [0.2, 0.25) is 5.02 Å². The molecule has 2 aliphatic rings. The van der Waals surface area contributed by atoms with Crippen LogP contribution in [0, 0.1) is 0 Å². The van der Waals surface area contributed by atoms with Crippen molar-refractivity contribution in [3.8, 4) is 22.6 Å². The van der Waals surface area contributed by atoms with E-state index in [1.807, 2.05) is 65.6 Å². The lowest BCUT2D eigenvalue weighted by molar-refractivity contribution is -0.131. The highest BCUT2D eigenvalue weighted by Gasteiger charge is 2.25. The average molecular weight is 492 g/mol. The van der Waals surface area contributed by atoms with Gasteiger partial charge in [0.2, 0.25) is 5.91 Å². The summed E-state index contributed by atoms with van der Waals surface area (Å²) in [6, 6.07) is 21.7. The highest BCUT2D eigenvalue weighted by Crippen LogP contribution is 2.39. The molecule has 0 saturated carbocycles. The SMILES string of the molecule is O=C(Cc1ccccc1)N1CCOc2c(cc(-c3cccc(Cl)c3)cc2OC[C@@H]2CCCCO2)C1. The second kappa shape index (κ2) is 11.1. The molecule has 6 heteroatoms. The van der Waals surface area contributed by atoms with Crippen molar-refractivity contribution in [1.82, 2.24) is 4.90 Å². The molecule has 1 fully saturated rings. The lowest BCUT2D eigenvalue weighted by atomic mass is 10.0. The molecule has 35 heavy (non-hydrogen) atoms. The summed E-state index contributed by atoms with van der Waals surface area (Å²) < 4.78 is 18.3. The number of nitrogens with zero attached hydrogens (tertiary/aromatic N) is 1. The Kier molecular flexibility index (Phi) is 7.55. The van der Waals surface area contributed by atoms with Gasteiger partial charge in [0.25, 0.3) is 0 Å². The third kappa shape index (κ3) is 5.98. The fourth-order valence-corrected chi connectivity index (χ4v) is 4.83. The van der Waals surface area contributed by atoms with Gasteiger partial charge in [-0.25, -0.2) is 0 Å². The highest BCUT2D eigenvalue weighted by atomic mass is 35.5. The number of hydrogen-bond donors (Lipinski definition) is 0. The van der Waals surface area contributed by atoms with E-state index in [4.69, 9.17) is 25.8 Å². The number of fused-ring (bicyclic) bond motifs is 1. The number of benzene rings is 3. The van der Waals surface area contributed by atoms with E-state index < -0.39 is 0 Å². The molecule has 0 radical (unpaired) electrons. The molecule has 1 atom stereocenters. The fourth-order valence-electron chi connectivity index (χ4n) is 4.64. The van der Waals surface area contributed by atoms with Crippen LogP contribution in [0.4, 0.5) is 0 Å². The number of carbonyl (C=O) groups is 1. The van der Waals surface area contributed by atoms with E-state index in [0.29, 0.717) is 49.2 Å². The largest absolute Gasteiger partial charge is 0.487 e. The van der Waals surface area contributed by atoms with Crippen molar-refractivity contribution in [1.29, 1.82) is 0 Å². The topological polar surface area (TPSA) is 48.0 Å². The number of carbonyl (C=O) groups excluding carboxylic acids is 1. The Balaban J connectivity index is 1.43. The Bertz CT molecular complexity index is 1160. The van der Waals surface area contributed by atoms with Gasteiger partial charge in [-0.2, -0.15) is 0 Å². The Morgan fingerprint density at radius 2 is 1.89 bits per heavy atom. The molecular weight excluding hydrogens is 462 g/mol. The van der Waals surface area contributed by atoms with Crippen molar-refractivity contribution in [2.24, 2.45) is 0 Å². The minimum atomic E-state index is 0.0823. The van der Waals surface area contributed by atoms with Crippen LogP contribution in [0.5, 0.6) is 11.5 Å². The van der Waals surface area contributed by atoms with Gasteiger partial charge in [-0.1, -0.05) is 54.1 Å². The molecule has 0 unspecified atom stereocenters. The average Bonchev–Trinajstić information content (AvgIpc) is 3.11. The summed E-state index contributed by atoms with van der Waals surface area (Å²) in [5.74, 6) is 1.48. The predicted octanol–water partition coefficient (Wildman–Crippen LogP) is 5.92. The lowest BCUT2D eigenvalue weighted by Crippen LogP contribution is -2.33. The second-order valence-electron chi connectivity index (χ2n) is 9.10. The van der Waals surface area contributed by atoms with Crippen molar-refractivity contribution < 1.29 is 19.0 Å². The van der Waals surface area contributed by atoms with Gasteiger partial charge in [-0.3, -0.25) is 4.79 Å². The predicted molar refractivity (Wildman–Crippen MR) is 137 cm³/mol. The Morgan fingerprint density at radius 3 is 2.69 bits per heavy atom. The summed E-state index contributed by atoms with van der Waals surface area (Å²) in [5.41, 5.74) is 3.91. The first kappa shape index (κ1) is 23.7. The van der Waals surface area contributed by atoms with E-state index >= 15 is 0 Å². The molecule has 1 saturated heterocycles. The molecule has 0 aliphatic carbocycles. The summed E-state index contributed by atoms with van der Waals surface area (Å²) in [4.78, 5) is 15.0. The van der Waals surface area contributed by atoms with Crippen LogP contribution in [0.15, 0.2) is 66.7 Å². The third-order valence-electron chi connectivity index (χ3n) is 6.51. The molecule has 2 aliphatic heterocycles. The first-order valence-corrected chi connectivity index (χ1v) is 12.7. The molecule has 3 aromatic rings. The van der Waals surface area contributed by atoms with Crippen LogP contribution in [0.25, 0.3) is 11.1 Å². The Morgan fingerprint density at radius 1 is 1.00 bits per heavy atom. The summed E-state index contributed by atoms with van der Waals surface area (Å²) >= 11 is 6.28. The monoisotopic (exact) mass is 491 g/mol. The minimum absolute atomic E-state index is 0.0823. The van der Waals surface area contributed by atoms with E-state index in [1.54, 1.807) is 0 Å². The van der Waals surface area contributed by atoms with Gasteiger partial charge in [0.05, 0.1) is 19.1 Å². The minimum Gasteiger partial charge on any atom is -0.487 e. The molecule has 3 aromatic carbocycles. The summed E-state index contributed by atoms with van der Waals surface area (Å²) in [5, 5.41) is 0.673. The van der Waals surface area contributed by atoms with E-state index in [0.717, 1.165) is 48.1 Å². The van der Waals surface area contributed by atoms with E-state index in [-0.39, 0.29) is 12.0 Å². The lowest BCUT2D eigenvalue weighted by Gasteiger charge is -2.24. The molecule has 182 valence electrons. The Hall–Kier alpha value is -3.02. The fraction of sp³-hybridized carbons (Fsp3) is 0.345. The zero-order valence-electron chi connectivity index (χ0n) is 19.8. The number of amides is 1. The molecule has 1 amide bonds. The molecule has 0 spiro atoms. The molecule has 5 rings (SSSR count). The van der Waals surface area contributed by atoms with Gasteiger partial charge >= 0.3 is 0 Å². The van der Waals surface area contributed by atoms with Gasteiger partial charge < -0.3 is 19.1 Å². The maximum atomic E-state index is 13.2. The van der Waals surface area contributed by atoms with Crippen molar-refractivity contribution >= 4 is 17.5 Å². The summed E-state index contributed by atoms with van der Waals surface area (Å²) in [7, 11) is 0. The number of ether oxygens (including phenoxy) is 3. The molecule has 0 bridgehead atoms. The van der Waals surface area contributed by atoms with Crippen LogP contribution in [0.1, 0.15) is 30.4 Å². The standard InChI is InChI=1S/C29H30ClNO4/c30-25-10-6-9-22(17-25)23-16-24-19-31(28(32)15-21-7-2-1-3-8-21)12-14-34-29(24)27(18-23)35-20-26-11-4-5-13-33-26/h1-3,6-10,16-18,26H,4-5,11-15,19-20H2/t26-/m0/s1. The van der Waals surface area contributed by atoms with Crippen LogP contribution in [-0.2, 0) is 22.5 Å². The number of hydrogen-bond acceptors (Lipinski definition) is 4. The van der Waals surface area contributed by atoms with Crippen molar-refractivity contribution in [2.45, 2.75) is 38.3 Å². The highest BCUT2D eigenvalue weighted by molar-refractivity contribution is 6.30. The van der Waals surface area contributed by atoms with Gasteiger partial charge in [0.15, 0.2) is 11.5 Å². The number of rotatable bonds is 6. The van der Waals surface area contributed by atoms with E-state index in [9.17, 15) is 4.79 Å². The number of halogens is 1. The van der Waals surface area contributed by atoms with Gasteiger partial charge in [-0.15, -0.1) is 0 Å². The maximum absolute atomic E-state index is 13.2. The summed E-state index contributed by atoms with van der Waals surface area (Å²) in [6.45, 7) is 2.67. The molecule has 0 N–H and O–H groups in total. The van der Waals surface area contributed by atoms with Crippen molar-refractivity contribution in [2.75, 3.05) is 26.4 Å². The molecule has 2 heterocycles. The molecule has 0 aromatic heterocycles. The van der Waals surface area contributed by atoms with Crippen LogP contribution < -0.4 is 9.47 Å². The van der Waals surface area contributed by atoms with Crippen LogP contribution in [0.3, 0.4) is 0 Å². The quantitative estimate of drug-likeness (QED) is 0.429. The van der Waals surface area contributed by atoms with E-state index in [2.05, 4.69) is 6.07 Å². The van der Waals surface area contributed by atoms with Gasteiger partial charge in [-0.05, 0) is 60.2 Å². The van der Waals surface area contributed by atoms with Crippen molar-refractivity contribution in [3.05, 3.63) is 82.9 Å². The van der Waals surface area contributed by atoms with Crippen LogP contribution >= 0.6 is 11.6 Å². The van der Waals surface area contributed by atoms with Gasteiger partial charge in [0, 0.05) is 23.7 Å². The first-order valence-electron chi connectivity index (χ1n) is 12.3. The normalized spacial score (nSPS) is 17.7. The third-order valence-corrected chi connectivity index (χ3v) is 6.74. The summed E-state index contributed by atoms with van der Waals surface area (Å²) in [6.07, 6.45) is 3.71. The zero-order chi connectivity index (χ0) is 24.0. The molecule has 5 nitrogen and oxygen atoms in total. The van der Waals surface area contributed by atoms with E-state index in [1.165, 1.54) is 0 Å². The Labute approximate surface area is 211 Å². The first-order chi connectivity index (χ1) is 17.2. The van der Waals surface area contributed by atoms with Crippen molar-refractivity contribution in [3.63, 3.8) is 0 Å².